The average Bonchev–Trinajstić information content (AvgIpc) is 2.91. The fourth-order valence-corrected chi connectivity index (χ4v) is 4.79. The second-order valence-corrected chi connectivity index (χ2v) is 9.49. The molecule has 3 heterocycles. The minimum Gasteiger partial charge on any atom is -0.351 e. The van der Waals surface area contributed by atoms with Gasteiger partial charge in [-0.25, -0.2) is 9.97 Å². The van der Waals surface area contributed by atoms with Crippen molar-refractivity contribution in [3.8, 4) is 0 Å². The third-order valence-corrected chi connectivity index (χ3v) is 6.84. The minimum absolute atomic E-state index is 0.0182. The first-order chi connectivity index (χ1) is 17.5. The Kier molecular flexibility index (Phi) is 6.80. The molecule has 1 aliphatic heterocycles. The number of hydrogen-bond donors (Lipinski definition) is 1. The molecule has 0 bridgehead atoms. The van der Waals surface area contributed by atoms with E-state index < -0.39 is 0 Å². The molecule has 4 aromatic rings. The largest absolute Gasteiger partial charge is 0.351 e. The third kappa shape index (κ3) is 5.00. The van der Waals surface area contributed by atoms with Crippen molar-refractivity contribution in [3.05, 3.63) is 93.9 Å². The van der Waals surface area contributed by atoms with E-state index in [4.69, 9.17) is 4.98 Å². The summed E-state index contributed by atoms with van der Waals surface area (Å²) in [5.74, 6) is 0.142. The van der Waals surface area contributed by atoms with E-state index in [9.17, 15) is 9.59 Å². The van der Waals surface area contributed by atoms with Crippen molar-refractivity contribution in [1.82, 2.24) is 14.5 Å². The SMILES string of the molecule is CCc1cccc(NC(=O)C2CCCN(c3nc4cccnc4n(Cc4ccc(C)cc4)c3=O)C2)c1. The van der Waals surface area contributed by atoms with Crippen molar-refractivity contribution in [3.63, 3.8) is 0 Å². The Morgan fingerprint density at radius 2 is 1.92 bits per heavy atom. The second kappa shape index (κ2) is 10.3. The van der Waals surface area contributed by atoms with E-state index >= 15 is 0 Å². The maximum absolute atomic E-state index is 13.7. The Hall–Kier alpha value is -4.00. The van der Waals surface area contributed by atoms with E-state index in [2.05, 4.69) is 23.3 Å². The van der Waals surface area contributed by atoms with Gasteiger partial charge in [0.1, 0.15) is 5.52 Å². The monoisotopic (exact) mass is 481 g/mol. The van der Waals surface area contributed by atoms with Gasteiger partial charge < -0.3 is 10.2 Å². The van der Waals surface area contributed by atoms with Crippen LogP contribution in [0.4, 0.5) is 11.5 Å². The maximum Gasteiger partial charge on any atom is 0.295 e. The van der Waals surface area contributed by atoms with Crippen molar-refractivity contribution in [1.29, 1.82) is 0 Å². The Labute approximate surface area is 210 Å². The molecular weight excluding hydrogens is 450 g/mol. The topological polar surface area (TPSA) is 80.1 Å². The molecule has 0 aliphatic carbocycles. The molecule has 1 aliphatic rings. The summed E-state index contributed by atoms with van der Waals surface area (Å²) in [5, 5.41) is 3.07. The van der Waals surface area contributed by atoms with E-state index in [0.29, 0.717) is 36.6 Å². The number of hydrogen-bond acceptors (Lipinski definition) is 5. The molecule has 1 atom stereocenters. The normalized spacial score (nSPS) is 15.7. The van der Waals surface area contributed by atoms with E-state index in [0.717, 1.165) is 30.5 Å². The van der Waals surface area contributed by atoms with E-state index in [1.165, 1.54) is 11.1 Å². The average molecular weight is 482 g/mol. The van der Waals surface area contributed by atoms with Crippen LogP contribution in [-0.4, -0.2) is 33.5 Å². The number of nitrogens with one attached hydrogen (secondary N) is 1. The summed E-state index contributed by atoms with van der Waals surface area (Å²) >= 11 is 0. The van der Waals surface area contributed by atoms with Crippen LogP contribution in [0.3, 0.4) is 0 Å². The molecule has 2 aromatic heterocycles. The Bertz CT molecular complexity index is 1440. The lowest BCUT2D eigenvalue weighted by Gasteiger charge is -2.32. The van der Waals surface area contributed by atoms with Crippen molar-refractivity contribution in [2.24, 2.45) is 5.92 Å². The van der Waals surface area contributed by atoms with Crippen LogP contribution in [0.15, 0.2) is 71.7 Å². The summed E-state index contributed by atoms with van der Waals surface area (Å²) in [6.07, 6.45) is 4.20. The van der Waals surface area contributed by atoms with Crippen molar-refractivity contribution in [2.75, 3.05) is 23.3 Å². The highest BCUT2D eigenvalue weighted by atomic mass is 16.2. The van der Waals surface area contributed by atoms with Crippen LogP contribution in [-0.2, 0) is 17.8 Å². The molecular formula is C29H31N5O2. The molecule has 1 N–H and O–H groups in total. The number of aromatic nitrogens is 3. The Morgan fingerprint density at radius 3 is 2.72 bits per heavy atom. The summed E-state index contributed by atoms with van der Waals surface area (Å²) in [7, 11) is 0. The molecule has 0 radical (unpaired) electrons. The van der Waals surface area contributed by atoms with E-state index in [-0.39, 0.29) is 17.4 Å². The lowest BCUT2D eigenvalue weighted by Crippen LogP contribution is -2.44. The summed E-state index contributed by atoms with van der Waals surface area (Å²) in [5.41, 5.74) is 5.24. The molecule has 36 heavy (non-hydrogen) atoms. The van der Waals surface area contributed by atoms with Crippen LogP contribution in [0.5, 0.6) is 0 Å². The second-order valence-electron chi connectivity index (χ2n) is 9.49. The first-order valence-corrected chi connectivity index (χ1v) is 12.6. The number of amides is 1. The van der Waals surface area contributed by atoms with E-state index in [1.54, 1.807) is 10.8 Å². The number of carbonyl (C=O) groups excluding carboxylic acids is 1. The zero-order valence-corrected chi connectivity index (χ0v) is 20.8. The molecule has 1 fully saturated rings. The molecule has 0 spiro atoms. The highest BCUT2D eigenvalue weighted by molar-refractivity contribution is 5.93. The van der Waals surface area contributed by atoms with Crippen LogP contribution < -0.4 is 15.8 Å². The van der Waals surface area contributed by atoms with Crippen LogP contribution in [0.2, 0.25) is 0 Å². The quantitative estimate of drug-likeness (QED) is 0.437. The van der Waals surface area contributed by atoms with Gasteiger partial charge in [0.15, 0.2) is 11.5 Å². The molecule has 7 heteroatoms. The highest BCUT2D eigenvalue weighted by Gasteiger charge is 2.29. The van der Waals surface area contributed by atoms with Crippen molar-refractivity contribution in [2.45, 2.75) is 39.7 Å². The van der Waals surface area contributed by atoms with Gasteiger partial charge in [-0.3, -0.25) is 14.2 Å². The van der Waals surface area contributed by atoms with Crippen LogP contribution in [0.25, 0.3) is 11.2 Å². The Morgan fingerprint density at radius 1 is 1.08 bits per heavy atom. The van der Waals surface area contributed by atoms with Crippen LogP contribution >= 0.6 is 0 Å². The predicted molar refractivity (Wildman–Crippen MR) is 143 cm³/mol. The predicted octanol–water partition coefficient (Wildman–Crippen LogP) is 4.57. The van der Waals surface area contributed by atoms with Gasteiger partial charge in [-0.2, -0.15) is 0 Å². The van der Waals surface area contributed by atoms with Crippen LogP contribution in [0, 0.1) is 12.8 Å². The molecule has 1 unspecified atom stereocenters. The summed E-state index contributed by atoms with van der Waals surface area (Å²) in [4.78, 5) is 38.0. The number of pyridine rings is 1. The third-order valence-electron chi connectivity index (χ3n) is 6.84. The number of piperidine rings is 1. The molecule has 1 saturated heterocycles. The first-order valence-electron chi connectivity index (χ1n) is 12.6. The zero-order valence-electron chi connectivity index (χ0n) is 20.8. The smallest absolute Gasteiger partial charge is 0.295 e. The van der Waals surface area contributed by atoms with Crippen molar-refractivity contribution < 1.29 is 4.79 Å². The van der Waals surface area contributed by atoms with Gasteiger partial charge in [0, 0.05) is 25.0 Å². The van der Waals surface area contributed by atoms with Crippen LogP contribution in [0.1, 0.15) is 36.5 Å². The summed E-state index contributed by atoms with van der Waals surface area (Å²) < 4.78 is 1.70. The highest BCUT2D eigenvalue weighted by Crippen LogP contribution is 2.23. The summed E-state index contributed by atoms with van der Waals surface area (Å²) in [6.45, 7) is 5.69. The summed E-state index contributed by atoms with van der Waals surface area (Å²) in [6, 6.07) is 19.8. The van der Waals surface area contributed by atoms with Gasteiger partial charge in [-0.05, 0) is 61.6 Å². The van der Waals surface area contributed by atoms with Gasteiger partial charge in [0.2, 0.25) is 5.91 Å². The van der Waals surface area contributed by atoms with Crippen molar-refractivity contribution >= 4 is 28.6 Å². The number of fused-ring (bicyclic) bond motifs is 1. The zero-order chi connectivity index (χ0) is 25.1. The van der Waals surface area contributed by atoms with Gasteiger partial charge in [-0.15, -0.1) is 0 Å². The molecule has 1 amide bonds. The number of rotatable bonds is 6. The fourth-order valence-electron chi connectivity index (χ4n) is 4.79. The molecule has 0 saturated carbocycles. The van der Waals surface area contributed by atoms with E-state index in [1.807, 2.05) is 66.4 Å². The molecule has 184 valence electrons. The Balaban J connectivity index is 1.43. The van der Waals surface area contributed by atoms with Gasteiger partial charge in [0.25, 0.3) is 5.56 Å². The minimum atomic E-state index is -0.222. The molecule has 2 aromatic carbocycles. The molecule has 7 nitrogen and oxygen atoms in total. The van der Waals surface area contributed by atoms with Gasteiger partial charge in [-0.1, -0.05) is 48.9 Å². The fraction of sp³-hybridized carbons (Fsp3) is 0.310. The number of carbonyl (C=O) groups is 1. The number of anilines is 2. The lowest BCUT2D eigenvalue weighted by atomic mass is 9.97. The lowest BCUT2D eigenvalue weighted by molar-refractivity contribution is -0.120. The standard InChI is InChI=1S/C29H31N5O2/c1-3-21-7-4-9-24(17-21)31-28(35)23-8-6-16-33(19-23)27-29(36)34(18-22-13-11-20(2)12-14-22)26-25(32-27)10-5-15-30-26/h4-5,7,9-15,17,23H,3,6,8,16,18-19H2,1-2H3,(H,31,35). The number of benzene rings is 2. The first kappa shape index (κ1) is 23.7. The van der Waals surface area contributed by atoms with Gasteiger partial charge >= 0.3 is 0 Å². The molecule has 5 rings (SSSR count). The maximum atomic E-state index is 13.7. The van der Waals surface area contributed by atoms with Gasteiger partial charge in [0.05, 0.1) is 12.5 Å². The number of nitrogens with zero attached hydrogens (tertiary/aromatic N) is 4. The number of aryl methyl sites for hydroxylation is 2.